The number of hydrogen-bond donors (Lipinski definition) is 0. The maximum absolute atomic E-state index is 2.86. The maximum Gasteiger partial charge on any atom is 0.252 e. The van der Waals surface area contributed by atoms with Crippen LogP contribution in [-0.4, -0.2) is 12.3 Å². The minimum Gasteiger partial charge on any atom is -0.335 e. The lowest BCUT2D eigenvalue weighted by atomic mass is 9.33. The van der Waals surface area contributed by atoms with Gasteiger partial charge < -0.3 is 9.80 Å². The van der Waals surface area contributed by atoms with Crippen molar-refractivity contribution in [3.63, 3.8) is 0 Å². The summed E-state index contributed by atoms with van der Waals surface area (Å²) in [6, 6.07) is 34.5. The quantitative estimate of drug-likeness (QED) is 0.225. The molecule has 2 nitrogen and oxygen atoms in total. The molecule has 0 saturated heterocycles. The largest absolute Gasteiger partial charge is 0.335 e. The van der Waals surface area contributed by atoms with Crippen LogP contribution in [-0.2, 0) is 5.41 Å². The Hall–Kier alpha value is -3.46. The van der Waals surface area contributed by atoms with E-state index < -0.39 is 0 Å². The molecule has 0 radical (unpaired) electrons. The molecule has 3 aliphatic heterocycles. The van der Waals surface area contributed by atoms with Gasteiger partial charge in [0, 0.05) is 33.9 Å². The lowest BCUT2D eigenvalue weighted by Crippen LogP contribution is -2.65. The molecule has 5 aliphatic rings. The van der Waals surface area contributed by atoms with Crippen LogP contribution in [0.4, 0.5) is 28.4 Å². The van der Waals surface area contributed by atoms with Gasteiger partial charge in [0.2, 0.25) is 0 Å². The van der Waals surface area contributed by atoms with E-state index in [-0.39, 0.29) is 17.7 Å². The van der Waals surface area contributed by atoms with Gasteiger partial charge in [-0.25, -0.2) is 0 Å². The zero-order valence-corrected chi connectivity index (χ0v) is 23.0. The summed E-state index contributed by atoms with van der Waals surface area (Å²) in [5, 5.41) is 0. The van der Waals surface area contributed by atoms with Crippen LogP contribution in [0.1, 0.15) is 57.9 Å². The van der Waals surface area contributed by atoms with Crippen molar-refractivity contribution in [1.29, 1.82) is 0 Å². The van der Waals surface area contributed by atoms with Gasteiger partial charge in [-0.15, -0.1) is 0 Å². The number of hydrogen-bond acceptors (Lipinski definition) is 2. The van der Waals surface area contributed by atoms with Crippen LogP contribution >= 0.6 is 0 Å². The number of para-hydroxylation sites is 3. The van der Waals surface area contributed by atoms with Gasteiger partial charge in [0.15, 0.2) is 0 Å². The molecule has 39 heavy (non-hydrogen) atoms. The molecule has 2 fully saturated rings. The van der Waals surface area contributed by atoms with Crippen LogP contribution in [0.25, 0.3) is 0 Å². The van der Waals surface area contributed by atoms with Crippen LogP contribution < -0.4 is 26.2 Å². The predicted molar refractivity (Wildman–Crippen MR) is 165 cm³/mol. The summed E-state index contributed by atoms with van der Waals surface area (Å²) in [6.07, 6.45) is 8.30. The number of nitrogens with zero attached hydrogens (tertiary/aromatic N) is 2. The first-order chi connectivity index (χ1) is 19.1. The molecule has 0 aromatic heterocycles. The highest BCUT2D eigenvalue weighted by Gasteiger charge is 2.63. The molecule has 4 aromatic carbocycles. The van der Waals surface area contributed by atoms with E-state index in [2.05, 4.69) is 115 Å². The molecule has 0 bridgehead atoms. The van der Waals surface area contributed by atoms with Crippen molar-refractivity contribution in [2.75, 3.05) is 9.80 Å². The monoisotopic (exact) mass is 506 g/mol. The molecule has 4 atom stereocenters. The van der Waals surface area contributed by atoms with Crippen LogP contribution in [0.15, 0.2) is 91.0 Å². The highest BCUT2D eigenvalue weighted by molar-refractivity contribution is 7.00. The van der Waals surface area contributed by atoms with Crippen molar-refractivity contribution in [3.05, 3.63) is 96.6 Å². The maximum atomic E-state index is 2.86. The van der Waals surface area contributed by atoms with Crippen LogP contribution in [0, 0.1) is 11.8 Å². The van der Waals surface area contributed by atoms with E-state index in [1.54, 1.807) is 5.56 Å². The number of rotatable bonds is 1. The second kappa shape index (κ2) is 7.59. The van der Waals surface area contributed by atoms with Gasteiger partial charge >= 0.3 is 0 Å². The number of fused-ring (bicyclic) bond motifs is 8. The van der Waals surface area contributed by atoms with E-state index in [9.17, 15) is 0 Å². The van der Waals surface area contributed by atoms with E-state index in [4.69, 9.17) is 0 Å². The van der Waals surface area contributed by atoms with Gasteiger partial charge in [0.25, 0.3) is 6.71 Å². The topological polar surface area (TPSA) is 6.48 Å². The minimum atomic E-state index is 0.0819. The average Bonchev–Trinajstić information content (AvgIpc) is 3.17. The second-order valence-electron chi connectivity index (χ2n) is 13.3. The summed E-state index contributed by atoms with van der Waals surface area (Å²) in [7, 11) is 0. The van der Waals surface area contributed by atoms with Gasteiger partial charge in [0.1, 0.15) is 0 Å². The summed E-state index contributed by atoms with van der Waals surface area (Å²) in [5.74, 6) is 1.73. The average molecular weight is 507 g/mol. The summed E-state index contributed by atoms with van der Waals surface area (Å²) >= 11 is 0. The summed E-state index contributed by atoms with van der Waals surface area (Å²) in [5.41, 5.74) is 13.1. The van der Waals surface area contributed by atoms with Gasteiger partial charge in [0.05, 0.1) is 5.54 Å². The van der Waals surface area contributed by atoms with E-state index >= 15 is 0 Å². The minimum absolute atomic E-state index is 0.0819. The molecule has 192 valence electrons. The van der Waals surface area contributed by atoms with Crippen LogP contribution in [0.2, 0.25) is 0 Å². The number of anilines is 5. The summed E-state index contributed by atoms with van der Waals surface area (Å²) in [6.45, 7) is 5.49. The smallest absolute Gasteiger partial charge is 0.252 e. The van der Waals surface area contributed by atoms with E-state index in [1.165, 1.54) is 83.4 Å². The Kier molecular flexibility index (Phi) is 4.36. The Balaban J connectivity index is 1.35. The zero-order valence-electron chi connectivity index (χ0n) is 23.0. The lowest BCUT2D eigenvalue weighted by molar-refractivity contribution is 0.0581. The van der Waals surface area contributed by atoms with Gasteiger partial charge in [-0.3, -0.25) is 0 Å². The third-order valence-electron chi connectivity index (χ3n) is 11.6. The molecule has 9 rings (SSSR count). The predicted octanol–water partition coefficient (Wildman–Crippen LogP) is 7.07. The fraction of sp³-hybridized carbons (Fsp3) is 0.333. The third kappa shape index (κ3) is 2.65. The molecule has 2 saturated carbocycles. The molecule has 0 spiro atoms. The SMILES string of the molecule is CC12CC3CCCCC3CC1(C)N1c3cccc4c3B(c3ccccc3N4c3ccccc3)c3cccc2c31. The Morgan fingerprint density at radius 2 is 1.33 bits per heavy atom. The first kappa shape index (κ1) is 22.4. The molecule has 0 amide bonds. The Morgan fingerprint density at radius 3 is 2.18 bits per heavy atom. The van der Waals surface area contributed by atoms with Crippen molar-refractivity contribution in [1.82, 2.24) is 0 Å². The van der Waals surface area contributed by atoms with Gasteiger partial charge in [-0.05, 0) is 83.9 Å². The first-order valence-corrected chi connectivity index (χ1v) is 15.1. The molecule has 2 aliphatic carbocycles. The standard InChI is InChI=1S/C36H35BN2/c1-35-22-24-12-6-7-13-25(24)23-36(35,2)39-32-21-11-20-31-33(32)37(29-18-10-16-27(35)34(29)39)28-17-8-9-19-30(28)38(31)26-14-4-3-5-15-26/h3-5,8-11,14-21,24-25H,6-7,12-13,22-23H2,1-2H3. The fourth-order valence-corrected chi connectivity index (χ4v) is 9.79. The van der Waals surface area contributed by atoms with E-state index in [0.717, 1.165) is 11.8 Å². The Bertz CT molecular complexity index is 1650. The van der Waals surface area contributed by atoms with Crippen molar-refractivity contribution in [2.45, 2.75) is 63.3 Å². The molecular formula is C36H35BN2. The molecule has 0 N–H and O–H groups in total. The van der Waals surface area contributed by atoms with Crippen molar-refractivity contribution in [2.24, 2.45) is 11.8 Å². The normalized spacial score (nSPS) is 29.2. The van der Waals surface area contributed by atoms with E-state index in [0.29, 0.717) is 0 Å². The first-order valence-electron chi connectivity index (χ1n) is 15.1. The second-order valence-corrected chi connectivity index (χ2v) is 13.3. The fourth-order valence-electron chi connectivity index (χ4n) is 9.79. The Morgan fingerprint density at radius 1 is 0.667 bits per heavy atom. The zero-order chi connectivity index (χ0) is 25.9. The lowest BCUT2D eigenvalue weighted by Gasteiger charge is -2.57. The molecule has 3 heteroatoms. The van der Waals surface area contributed by atoms with Crippen LogP contribution in [0.3, 0.4) is 0 Å². The van der Waals surface area contributed by atoms with Crippen LogP contribution in [0.5, 0.6) is 0 Å². The van der Waals surface area contributed by atoms with Gasteiger partial charge in [-0.1, -0.05) is 93.3 Å². The summed E-state index contributed by atoms with van der Waals surface area (Å²) in [4.78, 5) is 5.37. The number of benzene rings is 4. The van der Waals surface area contributed by atoms with Gasteiger partial charge in [-0.2, -0.15) is 0 Å². The highest BCUT2D eigenvalue weighted by Crippen LogP contribution is 2.64. The molecular weight excluding hydrogens is 471 g/mol. The molecule has 3 heterocycles. The Labute approximate surface area is 232 Å². The molecule has 4 aromatic rings. The van der Waals surface area contributed by atoms with Crippen molar-refractivity contribution >= 4 is 51.5 Å². The van der Waals surface area contributed by atoms with Crippen molar-refractivity contribution in [3.8, 4) is 0 Å². The van der Waals surface area contributed by atoms with E-state index in [1.807, 2.05) is 0 Å². The molecule has 4 unspecified atom stereocenters. The third-order valence-corrected chi connectivity index (χ3v) is 11.6. The summed E-state index contributed by atoms with van der Waals surface area (Å²) < 4.78 is 0. The van der Waals surface area contributed by atoms with Crippen molar-refractivity contribution < 1.29 is 0 Å². The highest BCUT2D eigenvalue weighted by atomic mass is 15.3.